The maximum absolute atomic E-state index is 12.3. The quantitative estimate of drug-likeness (QED) is 0.561. The summed E-state index contributed by atoms with van der Waals surface area (Å²) in [4.78, 5) is 16.6. The highest BCUT2D eigenvalue weighted by Gasteiger charge is 2.14. The number of fused-ring (bicyclic) bond motifs is 2. The van der Waals surface area contributed by atoms with E-state index in [1.807, 2.05) is 24.3 Å². The fourth-order valence-electron chi connectivity index (χ4n) is 2.35. The van der Waals surface area contributed by atoms with Crippen LogP contribution in [0, 0.1) is 0 Å². The summed E-state index contributed by atoms with van der Waals surface area (Å²) in [5.74, 6) is 0.425. The lowest BCUT2D eigenvalue weighted by molar-refractivity contribution is 0.414. The van der Waals surface area contributed by atoms with Gasteiger partial charge in [0, 0.05) is 0 Å². The molecule has 4 aromatic rings. The summed E-state index contributed by atoms with van der Waals surface area (Å²) in [6.07, 6.45) is 0. The Morgan fingerprint density at radius 2 is 1.91 bits per heavy atom. The van der Waals surface area contributed by atoms with Gasteiger partial charge in [0.05, 0.1) is 18.1 Å². The molecule has 7 nitrogen and oxygen atoms in total. The second-order valence-electron chi connectivity index (χ2n) is 4.63. The SMILES string of the molecule is COc1cccc2nc(-n3nnc4ccccc43)oc(=O)c12. The van der Waals surface area contributed by atoms with Crippen LogP contribution < -0.4 is 10.4 Å². The van der Waals surface area contributed by atoms with Crippen LogP contribution >= 0.6 is 0 Å². The van der Waals surface area contributed by atoms with Gasteiger partial charge in [-0.3, -0.25) is 0 Å². The zero-order chi connectivity index (χ0) is 15.1. The Hall–Kier alpha value is -3.22. The topological polar surface area (TPSA) is 83.0 Å². The van der Waals surface area contributed by atoms with Crippen molar-refractivity contribution in [2.24, 2.45) is 0 Å². The number of aromatic nitrogens is 4. The third-order valence-electron chi connectivity index (χ3n) is 3.36. The minimum Gasteiger partial charge on any atom is -0.496 e. The van der Waals surface area contributed by atoms with Crippen LogP contribution in [0.4, 0.5) is 0 Å². The molecule has 108 valence electrons. The molecular formula is C15H10N4O3. The molecule has 0 spiro atoms. The molecule has 0 atom stereocenters. The van der Waals surface area contributed by atoms with Gasteiger partial charge in [0.1, 0.15) is 16.7 Å². The molecule has 0 N–H and O–H groups in total. The lowest BCUT2D eigenvalue weighted by atomic mass is 10.2. The lowest BCUT2D eigenvalue weighted by Gasteiger charge is -2.05. The summed E-state index contributed by atoms with van der Waals surface area (Å²) in [5, 5.41) is 8.32. The predicted molar refractivity (Wildman–Crippen MR) is 79.3 cm³/mol. The number of hydrogen-bond donors (Lipinski definition) is 0. The van der Waals surface area contributed by atoms with Gasteiger partial charge >= 0.3 is 11.6 Å². The summed E-state index contributed by atoms with van der Waals surface area (Å²) in [5.41, 5.74) is 1.35. The van der Waals surface area contributed by atoms with E-state index in [0.29, 0.717) is 27.7 Å². The van der Waals surface area contributed by atoms with Gasteiger partial charge in [-0.1, -0.05) is 23.4 Å². The molecule has 0 saturated carbocycles. The third kappa shape index (κ3) is 1.76. The van der Waals surface area contributed by atoms with Crippen LogP contribution in [0.3, 0.4) is 0 Å². The molecule has 0 saturated heterocycles. The van der Waals surface area contributed by atoms with Gasteiger partial charge in [0.25, 0.3) is 0 Å². The summed E-state index contributed by atoms with van der Waals surface area (Å²) in [7, 11) is 1.49. The van der Waals surface area contributed by atoms with Crippen LogP contribution in [0.2, 0.25) is 0 Å². The van der Waals surface area contributed by atoms with Gasteiger partial charge in [0.2, 0.25) is 0 Å². The van der Waals surface area contributed by atoms with Gasteiger partial charge in [0.15, 0.2) is 0 Å². The Balaban J connectivity index is 2.03. The van der Waals surface area contributed by atoms with E-state index in [0.717, 1.165) is 0 Å². The van der Waals surface area contributed by atoms with Gasteiger partial charge in [-0.25, -0.2) is 4.79 Å². The molecule has 7 heteroatoms. The molecule has 0 fully saturated rings. The molecule has 2 aromatic heterocycles. The lowest BCUT2D eigenvalue weighted by Crippen LogP contribution is -2.09. The van der Waals surface area contributed by atoms with E-state index >= 15 is 0 Å². The zero-order valence-corrected chi connectivity index (χ0v) is 11.6. The van der Waals surface area contributed by atoms with E-state index in [1.54, 1.807) is 18.2 Å². The van der Waals surface area contributed by atoms with E-state index in [-0.39, 0.29) is 6.01 Å². The highest BCUT2D eigenvalue weighted by atomic mass is 16.5. The molecule has 0 amide bonds. The van der Waals surface area contributed by atoms with Gasteiger partial charge in [-0.15, -0.1) is 5.10 Å². The monoisotopic (exact) mass is 294 g/mol. The molecule has 4 rings (SSSR count). The Morgan fingerprint density at radius 3 is 2.77 bits per heavy atom. The number of rotatable bonds is 2. The molecule has 0 unspecified atom stereocenters. The van der Waals surface area contributed by atoms with Crippen molar-refractivity contribution >= 4 is 21.9 Å². The van der Waals surface area contributed by atoms with Crippen LogP contribution in [0.15, 0.2) is 51.7 Å². The van der Waals surface area contributed by atoms with E-state index in [4.69, 9.17) is 9.15 Å². The van der Waals surface area contributed by atoms with Crippen molar-refractivity contribution < 1.29 is 9.15 Å². The molecule has 2 aromatic carbocycles. The Labute approximate surface area is 123 Å². The van der Waals surface area contributed by atoms with Gasteiger partial charge in [-0.05, 0) is 24.3 Å². The summed E-state index contributed by atoms with van der Waals surface area (Å²) < 4.78 is 11.9. The first kappa shape index (κ1) is 12.5. The highest BCUT2D eigenvalue weighted by Crippen LogP contribution is 2.22. The highest BCUT2D eigenvalue weighted by molar-refractivity contribution is 5.84. The fraction of sp³-hybridized carbons (Fsp3) is 0.0667. The van der Waals surface area contributed by atoms with Gasteiger partial charge in [-0.2, -0.15) is 9.67 Å². The molecule has 0 aliphatic heterocycles. The normalized spacial score (nSPS) is 11.1. The minimum absolute atomic E-state index is 0.0689. The van der Waals surface area contributed by atoms with E-state index in [9.17, 15) is 4.79 Å². The Kier molecular flexibility index (Phi) is 2.65. The molecule has 0 radical (unpaired) electrons. The second-order valence-corrected chi connectivity index (χ2v) is 4.63. The summed E-state index contributed by atoms with van der Waals surface area (Å²) in [6.45, 7) is 0. The van der Waals surface area contributed by atoms with Crippen LogP contribution in [0.25, 0.3) is 28.0 Å². The van der Waals surface area contributed by atoms with Crippen molar-refractivity contribution in [2.75, 3.05) is 7.11 Å². The fourth-order valence-corrected chi connectivity index (χ4v) is 2.35. The Morgan fingerprint density at radius 1 is 1.09 bits per heavy atom. The average molecular weight is 294 g/mol. The van der Waals surface area contributed by atoms with Crippen molar-refractivity contribution in [2.45, 2.75) is 0 Å². The second kappa shape index (κ2) is 4.66. The number of nitrogens with zero attached hydrogens (tertiary/aromatic N) is 4. The zero-order valence-electron chi connectivity index (χ0n) is 11.6. The molecule has 0 aliphatic rings. The summed E-state index contributed by atoms with van der Waals surface area (Å²) in [6, 6.07) is 12.6. The van der Waals surface area contributed by atoms with Crippen molar-refractivity contribution in [1.82, 2.24) is 20.0 Å². The largest absolute Gasteiger partial charge is 0.496 e. The van der Waals surface area contributed by atoms with Crippen molar-refractivity contribution in [3.63, 3.8) is 0 Å². The molecule has 0 aliphatic carbocycles. The standard InChI is InChI=1S/C15H10N4O3/c1-21-12-8-4-6-10-13(12)14(20)22-15(16-10)19-11-7-3-2-5-9(11)17-18-19/h2-8H,1H3. The molecule has 22 heavy (non-hydrogen) atoms. The van der Waals surface area contributed by atoms with Gasteiger partial charge < -0.3 is 9.15 Å². The van der Waals surface area contributed by atoms with Crippen molar-refractivity contribution in [3.05, 3.63) is 52.9 Å². The van der Waals surface area contributed by atoms with E-state index in [2.05, 4.69) is 15.3 Å². The van der Waals surface area contributed by atoms with E-state index in [1.165, 1.54) is 11.8 Å². The van der Waals surface area contributed by atoms with Crippen molar-refractivity contribution in [1.29, 1.82) is 0 Å². The van der Waals surface area contributed by atoms with Crippen molar-refractivity contribution in [3.8, 4) is 11.8 Å². The minimum atomic E-state index is -0.531. The first-order valence-corrected chi connectivity index (χ1v) is 6.56. The maximum Gasteiger partial charge on any atom is 0.351 e. The van der Waals surface area contributed by atoms with Crippen LogP contribution in [-0.4, -0.2) is 27.1 Å². The smallest absolute Gasteiger partial charge is 0.351 e. The van der Waals surface area contributed by atoms with Crippen LogP contribution in [-0.2, 0) is 0 Å². The first-order chi connectivity index (χ1) is 10.8. The molecule has 0 bridgehead atoms. The van der Waals surface area contributed by atoms with Crippen LogP contribution in [0.1, 0.15) is 0 Å². The van der Waals surface area contributed by atoms with Crippen LogP contribution in [0.5, 0.6) is 5.75 Å². The third-order valence-corrected chi connectivity index (χ3v) is 3.36. The molecule has 2 heterocycles. The maximum atomic E-state index is 12.3. The number of methoxy groups -OCH3 is 1. The number of hydrogen-bond acceptors (Lipinski definition) is 6. The molecular weight excluding hydrogens is 284 g/mol. The first-order valence-electron chi connectivity index (χ1n) is 6.56. The number of ether oxygens (including phenoxy) is 1. The Bertz CT molecular complexity index is 1050. The summed E-state index contributed by atoms with van der Waals surface area (Å²) >= 11 is 0. The predicted octanol–water partition coefficient (Wildman–Crippen LogP) is 1.93. The number of benzene rings is 2. The van der Waals surface area contributed by atoms with E-state index < -0.39 is 5.63 Å². The average Bonchev–Trinajstić information content (AvgIpc) is 2.98. The number of para-hydroxylation sites is 1.